The number of Topliss-reactive ketones (excluding diaryl/α,β-unsaturated/α-hetero) is 1. The minimum absolute atomic E-state index is 0.00618. The first kappa shape index (κ1) is 20.2. The van der Waals surface area contributed by atoms with E-state index >= 15 is 0 Å². The number of carbonyl (C=O) groups excluding carboxylic acids is 2. The van der Waals surface area contributed by atoms with Crippen molar-refractivity contribution in [3.8, 4) is 0 Å². The zero-order valence-corrected chi connectivity index (χ0v) is 17.6. The molecule has 154 valence electrons. The number of H-pyrrole nitrogens is 1. The average Bonchev–Trinajstić information content (AvgIpc) is 3.32. The zero-order valence-electron chi connectivity index (χ0n) is 16.8. The van der Waals surface area contributed by atoms with Crippen LogP contribution in [0.5, 0.6) is 0 Å². The molecule has 4 rings (SSSR count). The Morgan fingerprint density at radius 2 is 1.97 bits per heavy atom. The highest BCUT2D eigenvalue weighted by molar-refractivity contribution is 8.00. The molecule has 2 aromatic carbocycles. The van der Waals surface area contributed by atoms with Crippen LogP contribution >= 0.6 is 11.8 Å². The number of hydrogen-bond donors (Lipinski definition) is 1. The molecule has 0 saturated carbocycles. The van der Waals surface area contributed by atoms with Gasteiger partial charge in [0.05, 0.1) is 11.8 Å². The number of aromatic amines is 1. The number of carbonyl (C=O) groups is 2. The van der Waals surface area contributed by atoms with E-state index in [9.17, 15) is 14.4 Å². The fraction of sp³-hybridized carbons (Fsp3) is 0.273. The van der Waals surface area contributed by atoms with Crippen molar-refractivity contribution in [2.45, 2.75) is 37.2 Å². The van der Waals surface area contributed by atoms with Crippen LogP contribution in [0.2, 0.25) is 0 Å². The summed E-state index contributed by atoms with van der Waals surface area (Å²) in [6.07, 6.45) is 0.744. The maximum Gasteiger partial charge on any atom is 0.344 e. The monoisotopic (exact) mass is 422 g/mol. The van der Waals surface area contributed by atoms with Gasteiger partial charge in [0, 0.05) is 24.7 Å². The van der Waals surface area contributed by atoms with E-state index in [1.165, 1.54) is 16.3 Å². The standard InChI is InChI=1S/C22H22N4O3S/c1-14(20(28)18-8-9-19-17(12-18)10-11-25(19)15(2)27)30-22-24-23-21(29)26(22)13-16-6-4-3-5-7-16/h3-9,12,14H,10-11,13H2,1-2H3,(H,23,29). The minimum Gasteiger partial charge on any atom is -0.312 e. The summed E-state index contributed by atoms with van der Waals surface area (Å²) in [5, 5.41) is 6.65. The van der Waals surface area contributed by atoms with Crippen LogP contribution in [0.1, 0.15) is 35.3 Å². The molecule has 0 fully saturated rings. The lowest BCUT2D eigenvalue weighted by molar-refractivity contribution is -0.116. The van der Waals surface area contributed by atoms with E-state index in [0.29, 0.717) is 23.8 Å². The number of hydrogen-bond acceptors (Lipinski definition) is 5. The van der Waals surface area contributed by atoms with Gasteiger partial charge in [-0.3, -0.25) is 14.2 Å². The van der Waals surface area contributed by atoms with E-state index in [0.717, 1.165) is 23.2 Å². The quantitative estimate of drug-likeness (QED) is 0.487. The predicted octanol–water partition coefficient (Wildman–Crippen LogP) is 2.89. The highest BCUT2D eigenvalue weighted by atomic mass is 32.2. The second kappa shape index (κ2) is 8.31. The van der Waals surface area contributed by atoms with Crippen LogP contribution in [0.3, 0.4) is 0 Å². The Morgan fingerprint density at radius 3 is 2.70 bits per heavy atom. The van der Waals surface area contributed by atoms with Crippen LogP contribution in [-0.2, 0) is 17.8 Å². The van der Waals surface area contributed by atoms with Gasteiger partial charge in [0.1, 0.15) is 0 Å². The topological polar surface area (TPSA) is 88.1 Å². The Hall–Kier alpha value is -3.13. The number of fused-ring (bicyclic) bond motifs is 1. The molecular weight excluding hydrogens is 400 g/mol. The largest absolute Gasteiger partial charge is 0.344 e. The van der Waals surface area contributed by atoms with Crippen molar-refractivity contribution < 1.29 is 9.59 Å². The third-order valence-corrected chi connectivity index (χ3v) is 6.29. The molecule has 0 spiro atoms. The van der Waals surface area contributed by atoms with Gasteiger partial charge >= 0.3 is 5.69 Å². The van der Waals surface area contributed by atoms with Gasteiger partial charge in [-0.25, -0.2) is 9.89 Å². The summed E-state index contributed by atoms with van der Waals surface area (Å²) in [6, 6.07) is 15.1. The van der Waals surface area contributed by atoms with Crippen molar-refractivity contribution >= 4 is 29.1 Å². The number of nitrogens with one attached hydrogen (secondary N) is 1. The summed E-state index contributed by atoms with van der Waals surface area (Å²) in [4.78, 5) is 38.7. The molecule has 0 bridgehead atoms. The average molecular weight is 423 g/mol. The number of rotatable bonds is 6. The second-order valence-corrected chi connectivity index (χ2v) is 8.58. The fourth-order valence-electron chi connectivity index (χ4n) is 3.63. The Morgan fingerprint density at radius 1 is 1.20 bits per heavy atom. The van der Waals surface area contributed by atoms with Crippen LogP contribution in [-0.4, -0.2) is 38.2 Å². The number of amides is 1. The molecule has 1 atom stereocenters. The van der Waals surface area contributed by atoms with Gasteiger partial charge in [-0.05, 0) is 42.7 Å². The Kier molecular flexibility index (Phi) is 5.59. The third kappa shape index (κ3) is 3.95. The lowest BCUT2D eigenvalue weighted by Gasteiger charge is -2.15. The first-order valence-electron chi connectivity index (χ1n) is 9.75. The van der Waals surface area contributed by atoms with E-state index in [1.54, 1.807) is 17.9 Å². The molecule has 1 aromatic heterocycles. The first-order chi connectivity index (χ1) is 14.4. The summed E-state index contributed by atoms with van der Waals surface area (Å²) >= 11 is 1.26. The number of aromatic nitrogens is 3. The number of benzene rings is 2. The van der Waals surface area contributed by atoms with Gasteiger partial charge in [0.2, 0.25) is 5.91 Å². The molecule has 7 nitrogen and oxygen atoms in total. The number of anilines is 1. The summed E-state index contributed by atoms with van der Waals surface area (Å²) < 4.78 is 1.54. The Bertz CT molecular complexity index is 1150. The Balaban J connectivity index is 1.51. The highest BCUT2D eigenvalue weighted by Crippen LogP contribution is 2.31. The van der Waals surface area contributed by atoms with E-state index < -0.39 is 5.25 Å². The molecule has 3 aromatic rings. The van der Waals surface area contributed by atoms with E-state index in [2.05, 4.69) is 10.2 Å². The van der Waals surface area contributed by atoms with Crippen LogP contribution in [0.15, 0.2) is 58.5 Å². The molecule has 0 aliphatic carbocycles. The summed E-state index contributed by atoms with van der Waals surface area (Å²) in [5.74, 6) is -0.0301. The highest BCUT2D eigenvalue weighted by Gasteiger charge is 2.25. The number of ketones is 1. The first-order valence-corrected chi connectivity index (χ1v) is 10.6. The lowest BCUT2D eigenvalue weighted by Crippen LogP contribution is -2.25. The lowest BCUT2D eigenvalue weighted by atomic mass is 10.0. The summed E-state index contributed by atoms with van der Waals surface area (Å²) in [6.45, 7) is 4.39. The van der Waals surface area contributed by atoms with Crippen molar-refractivity contribution in [3.05, 3.63) is 75.7 Å². The van der Waals surface area contributed by atoms with Gasteiger partial charge in [-0.1, -0.05) is 42.1 Å². The Labute approximate surface area is 178 Å². The molecule has 1 aliphatic heterocycles. The molecule has 30 heavy (non-hydrogen) atoms. The maximum absolute atomic E-state index is 13.0. The molecule has 8 heteroatoms. The van der Waals surface area contributed by atoms with E-state index in [1.807, 2.05) is 49.4 Å². The van der Waals surface area contributed by atoms with Gasteiger partial charge in [0.15, 0.2) is 10.9 Å². The molecule has 1 aliphatic rings. The molecule has 1 unspecified atom stereocenters. The van der Waals surface area contributed by atoms with Crippen molar-refractivity contribution in [2.75, 3.05) is 11.4 Å². The SMILES string of the molecule is CC(=O)N1CCc2cc(C(=O)C(C)Sc3n[nH]c(=O)n3Cc3ccccc3)ccc21. The van der Waals surface area contributed by atoms with Crippen LogP contribution < -0.4 is 10.6 Å². The van der Waals surface area contributed by atoms with E-state index in [4.69, 9.17) is 0 Å². The van der Waals surface area contributed by atoms with E-state index in [-0.39, 0.29) is 17.4 Å². The normalized spacial score (nSPS) is 13.9. The predicted molar refractivity (Wildman–Crippen MR) is 116 cm³/mol. The molecule has 0 radical (unpaired) electrons. The van der Waals surface area contributed by atoms with Crippen LogP contribution in [0.25, 0.3) is 0 Å². The second-order valence-electron chi connectivity index (χ2n) is 7.27. The van der Waals surface area contributed by atoms with Gasteiger partial charge < -0.3 is 4.90 Å². The smallest absolute Gasteiger partial charge is 0.312 e. The summed E-state index contributed by atoms with van der Waals surface area (Å²) in [7, 11) is 0. The number of nitrogens with zero attached hydrogens (tertiary/aromatic N) is 3. The molecule has 1 N–H and O–H groups in total. The number of thioether (sulfide) groups is 1. The van der Waals surface area contributed by atoms with Crippen molar-refractivity contribution in [1.82, 2.24) is 14.8 Å². The molecule has 2 heterocycles. The van der Waals surface area contributed by atoms with Crippen molar-refractivity contribution in [1.29, 1.82) is 0 Å². The van der Waals surface area contributed by atoms with Crippen LogP contribution in [0.4, 0.5) is 5.69 Å². The van der Waals surface area contributed by atoms with Crippen molar-refractivity contribution in [2.24, 2.45) is 0 Å². The van der Waals surface area contributed by atoms with Gasteiger partial charge in [-0.2, -0.15) is 0 Å². The summed E-state index contributed by atoms with van der Waals surface area (Å²) in [5.41, 5.74) is 3.17. The molecule has 0 saturated heterocycles. The molecular formula is C22H22N4O3S. The molecule has 1 amide bonds. The van der Waals surface area contributed by atoms with Crippen molar-refractivity contribution in [3.63, 3.8) is 0 Å². The fourth-order valence-corrected chi connectivity index (χ4v) is 4.56. The minimum atomic E-state index is -0.418. The van der Waals surface area contributed by atoms with Gasteiger partial charge in [0.25, 0.3) is 0 Å². The third-order valence-electron chi connectivity index (χ3n) is 5.20. The van der Waals surface area contributed by atoms with Crippen LogP contribution in [0, 0.1) is 0 Å². The maximum atomic E-state index is 13.0. The van der Waals surface area contributed by atoms with Gasteiger partial charge in [-0.15, -0.1) is 5.10 Å². The zero-order chi connectivity index (χ0) is 21.3.